The predicted octanol–water partition coefficient (Wildman–Crippen LogP) is 2.10. The largest absolute Gasteiger partial charge is 0.456 e. The Morgan fingerprint density at radius 3 is 2.82 bits per heavy atom. The van der Waals surface area contributed by atoms with Crippen LogP contribution in [0.5, 0.6) is 0 Å². The van der Waals surface area contributed by atoms with Crippen molar-refractivity contribution in [2.24, 2.45) is 0 Å². The lowest BCUT2D eigenvalue weighted by Crippen LogP contribution is -2.24. The molecular weight excluding hydrogens is 218 g/mol. The number of H-pyrrole nitrogens is 1. The zero-order valence-corrected chi connectivity index (χ0v) is 10.1. The molecule has 0 saturated carbocycles. The van der Waals surface area contributed by atoms with E-state index in [1.54, 1.807) is 12.3 Å². The van der Waals surface area contributed by atoms with E-state index in [2.05, 4.69) is 9.97 Å². The number of aromatic amines is 1. The average Bonchev–Trinajstić information content (AvgIpc) is 2.64. The summed E-state index contributed by atoms with van der Waals surface area (Å²) in [5, 5.41) is 0.728. The van der Waals surface area contributed by atoms with Gasteiger partial charge in [0.05, 0.1) is 11.1 Å². The molecular formula is C12H15N3O2. The van der Waals surface area contributed by atoms with Crippen LogP contribution in [-0.2, 0) is 4.74 Å². The highest BCUT2D eigenvalue weighted by Crippen LogP contribution is 2.23. The smallest absolute Gasteiger partial charge is 0.340 e. The number of nitrogen functional groups attached to an aromatic ring is 1. The number of nitrogens with one attached hydrogen (secondary N) is 1. The molecule has 0 bridgehead atoms. The topological polar surface area (TPSA) is 81.0 Å². The molecule has 0 aromatic carbocycles. The van der Waals surface area contributed by atoms with Crippen molar-refractivity contribution in [2.75, 3.05) is 5.73 Å². The van der Waals surface area contributed by atoms with Gasteiger partial charge in [0.25, 0.3) is 0 Å². The van der Waals surface area contributed by atoms with Crippen molar-refractivity contribution in [3.63, 3.8) is 0 Å². The lowest BCUT2D eigenvalue weighted by molar-refractivity contribution is 0.00715. The lowest BCUT2D eigenvalue weighted by Gasteiger charge is -2.19. The fourth-order valence-corrected chi connectivity index (χ4v) is 1.57. The summed E-state index contributed by atoms with van der Waals surface area (Å²) in [7, 11) is 0. The number of esters is 1. The van der Waals surface area contributed by atoms with Crippen molar-refractivity contribution >= 4 is 22.7 Å². The summed E-state index contributed by atoms with van der Waals surface area (Å²) in [5.41, 5.74) is 6.26. The Bertz CT molecular complexity index is 567. The molecule has 0 aliphatic carbocycles. The van der Waals surface area contributed by atoms with Crippen molar-refractivity contribution < 1.29 is 9.53 Å². The SMILES string of the molecule is CC(C)(C)OC(=O)c1cnc(N)c2[nH]ccc12. The highest BCUT2D eigenvalue weighted by Gasteiger charge is 2.20. The quantitative estimate of drug-likeness (QED) is 0.739. The Morgan fingerprint density at radius 2 is 2.18 bits per heavy atom. The molecule has 17 heavy (non-hydrogen) atoms. The number of nitrogens with two attached hydrogens (primary N) is 1. The summed E-state index contributed by atoms with van der Waals surface area (Å²) in [6, 6.07) is 1.78. The van der Waals surface area contributed by atoms with Crippen LogP contribution in [0.3, 0.4) is 0 Å². The molecule has 0 spiro atoms. The number of hydrogen-bond acceptors (Lipinski definition) is 4. The van der Waals surface area contributed by atoms with Gasteiger partial charge in [0.1, 0.15) is 11.4 Å². The Hall–Kier alpha value is -2.04. The van der Waals surface area contributed by atoms with Crippen molar-refractivity contribution in [1.82, 2.24) is 9.97 Å². The number of rotatable bonds is 1. The molecule has 5 nitrogen and oxygen atoms in total. The highest BCUT2D eigenvalue weighted by molar-refractivity contribution is 6.05. The van der Waals surface area contributed by atoms with Crippen molar-refractivity contribution in [1.29, 1.82) is 0 Å². The molecule has 90 valence electrons. The molecule has 0 fully saturated rings. The van der Waals surface area contributed by atoms with E-state index in [0.717, 1.165) is 5.39 Å². The maximum absolute atomic E-state index is 12.0. The third kappa shape index (κ3) is 2.22. The van der Waals surface area contributed by atoms with E-state index in [1.165, 1.54) is 6.20 Å². The van der Waals surface area contributed by atoms with Crippen LogP contribution in [0.15, 0.2) is 18.5 Å². The standard InChI is InChI=1S/C12H15N3O2/c1-12(2,3)17-11(16)8-6-15-10(13)9-7(8)4-5-14-9/h4-6,14H,1-3H3,(H2,13,15). The van der Waals surface area contributed by atoms with Crippen molar-refractivity contribution in [2.45, 2.75) is 26.4 Å². The maximum Gasteiger partial charge on any atom is 0.340 e. The summed E-state index contributed by atoms with van der Waals surface area (Å²) in [6.07, 6.45) is 3.16. The number of nitrogens with zero attached hydrogens (tertiary/aromatic N) is 1. The number of carbonyl (C=O) groups is 1. The van der Waals surface area contributed by atoms with E-state index >= 15 is 0 Å². The zero-order valence-electron chi connectivity index (χ0n) is 10.1. The van der Waals surface area contributed by atoms with Gasteiger partial charge in [-0.05, 0) is 26.8 Å². The van der Waals surface area contributed by atoms with Crippen molar-refractivity contribution in [3.8, 4) is 0 Å². The Morgan fingerprint density at radius 1 is 1.47 bits per heavy atom. The zero-order chi connectivity index (χ0) is 12.6. The summed E-state index contributed by atoms with van der Waals surface area (Å²) in [6.45, 7) is 5.47. The number of carbonyl (C=O) groups excluding carboxylic acids is 1. The monoisotopic (exact) mass is 233 g/mol. The van der Waals surface area contributed by atoms with E-state index in [9.17, 15) is 4.79 Å². The van der Waals surface area contributed by atoms with Crippen LogP contribution in [0.1, 0.15) is 31.1 Å². The first-order valence-electron chi connectivity index (χ1n) is 5.33. The number of fused-ring (bicyclic) bond motifs is 1. The Balaban J connectivity index is 2.46. The van der Waals surface area contributed by atoms with Crippen LogP contribution in [-0.4, -0.2) is 21.5 Å². The van der Waals surface area contributed by atoms with Gasteiger partial charge < -0.3 is 15.5 Å². The van der Waals surface area contributed by atoms with Crippen LogP contribution in [0.25, 0.3) is 10.9 Å². The first-order chi connectivity index (χ1) is 7.88. The van der Waals surface area contributed by atoms with Crippen LogP contribution in [0.4, 0.5) is 5.82 Å². The average molecular weight is 233 g/mol. The molecule has 0 saturated heterocycles. The highest BCUT2D eigenvalue weighted by atomic mass is 16.6. The van der Waals surface area contributed by atoms with Gasteiger partial charge in [-0.25, -0.2) is 9.78 Å². The summed E-state index contributed by atoms with van der Waals surface area (Å²) < 4.78 is 5.31. The van der Waals surface area contributed by atoms with Gasteiger partial charge in [0.2, 0.25) is 0 Å². The van der Waals surface area contributed by atoms with E-state index in [4.69, 9.17) is 10.5 Å². The molecule has 0 aliphatic heterocycles. The van der Waals surface area contributed by atoms with Crippen LogP contribution in [0.2, 0.25) is 0 Å². The minimum absolute atomic E-state index is 0.373. The van der Waals surface area contributed by atoms with Gasteiger partial charge >= 0.3 is 5.97 Å². The molecule has 3 N–H and O–H groups in total. The Kier molecular flexibility index (Phi) is 2.53. The maximum atomic E-state index is 12.0. The van der Waals surface area contributed by atoms with Gasteiger partial charge in [0, 0.05) is 17.8 Å². The van der Waals surface area contributed by atoms with Gasteiger partial charge in [-0.15, -0.1) is 0 Å². The van der Waals surface area contributed by atoms with Crippen LogP contribution >= 0.6 is 0 Å². The summed E-state index contributed by atoms with van der Waals surface area (Å²) in [4.78, 5) is 18.9. The van der Waals surface area contributed by atoms with Crippen molar-refractivity contribution in [3.05, 3.63) is 24.0 Å². The minimum Gasteiger partial charge on any atom is -0.456 e. The summed E-state index contributed by atoms with van der Waals surface area (Å²) in [5.74, 6) is -0.0214. The van der Waals surface area contributed by atoms with E-state index in [0.29, 0.717) is 16.9 Å². The van der Waals surface area contributed by atoms with Gasteiger partial charge in [-0.3, -0.25) is 0 Å². The normalized spacial score (nSPS) is 11.7. The predicted molar refractivity (Wildman–Crippen MR) is 65.7 cm³/mol. The molecule has 5 heteroatoms. The Labute approximate surface area is 99.0 Å². The number of ether oxygens (including phenoxy) is 1. The first kappa shape index (κ1) is 11.4. The van der Waals surface area contributed by atoms with E-state index < -0.39 is 11.6 Å². The lowest BCUT2D eigenvalue weighted by atomic mass is 10.1. The molecule has 0 radical (unpaired) electrons. The molecule has 2 heterocycles. The fourth-order valence-electron chi connectivity index (χ4n) is 1.57. The molecule has 0 unspecified atom stereocenters. The number of hydrogen-bond donors (Lipinski definition) is 2. The summed E-state index contributed by atoms with van der Waals surface area (Å²) >= 11 is 0. The van der Waals surface area contributed by atoms with Gasteiger partial charge in [0.15, 0.2) is 0 Å². The molecule has 0 atom stereocenters. The van der Waals surface area contributed by atoms with E-state index in [-0.39, 0.29) is 0 Å². The van der Waals surface area contributed by atoms with Crippen LogP contribution < -0.4 is 5.73 Å². The molecule has 0 amide bonds. The second kappa shape index (κ2) is 3.76. The van der Waals surface area contributed by atoms with E-state index in [1.807, 2.05) is 20.8 Å². The molecule has 2 aromatic heterocycles. The minimum atomic E-state index is -0.527. The fraction of sp³-hybridized carbons (Fsp3) is 0.333. The van der Waals surface area contributed by atoms with Gasteiger partial charge in [-0.2, -0.15) is 0 Å². The third-order valence-corrected chi connectivity index (χ3v) is 2.24. The van der Waals surface area contributed by atoms with Gasteiger partial charge in [-0.1, -0.05) is 0 Å². The third-order valence-electron chi connectivity index (χ3n) is 2.24. The second-order valence-corrected chi connectivity index (χ2v) is 4.83. The van der Waals surface area contributed by atoms with Crippen LogP contribution in [0, 0.1) is 0 Å². The number of aromatic nitrogens is 2. The number of anilines is 1. The number of pyridine rings is 1. The molecule has 2 aromatic rings. The first-order valence-corrected chi connectivity index (χ1v) is 5.33. The molecule has 0 aliphatic rings. The second-order valence-electron chi connectivity index (χ2n) is 4.83. The molecule has 2 rings (SSSR count).